The van der Waals surface area contributed by atoms with E-state index in [0.717, 1.165) is 24.0 Å². The fourth-order valence-corrected chi connectivity index (χ4v) is 4.21. The summed E-state index contributed by atoms with van der Waals surface area (Å²) in [4.78, 5) is 21.3. The van der Waals surface area contributed by atoms with Crippen LogP contribution in [0.4, 0.5) is 0 Å². The highest BCUT2D eigenvalue weighted by Crippen LogP contribution is 2.37. The van der Waals surface area contributed by atoms with Crippen LogP contribution in [0.15, 0.2) is 59.5 Å². The fraction of sp³-hybridized carbons (Fsp3) is 0.292. The van der Waals surface area contributed by atoms with Gasteiger partial charge in [0, 0.05) is 18.8 Å². The molecule has 33 heavy (non-hydrogen) atoms. The number of rotatable bonds is 6. The Morgan fingerprint density at radius 3 is 2.85 bits per heavy atom. The number of carbonyl (C=O) groups excluding carboxylic acids is 1. The summed E-state index contributed by atoms with van der Waals surface area (Å²) in [6.45, 7) is 5.01. The lowest BCUT2D eigenvalue weighted by molar-refractivity contribution is 0.0714. The van der Waals surface area contributed by atoms with E-state index in [1.807, 2.05) is 55.1 Å². The number of likely N-dealkylation sites (tertiary alicyclic amines) is 1. The number of aromatic nitrogens is 5. The summed E-state index contributed by atoms with van der Waals surface area (Å²) in [5.41, 5.74) is 3.60. The number of pyridine rings is 1. The zero-order valence-corrected chi connectivity index (χ0v) is 18.5. The minimum absolute atomic E-state index is 0.0807. The molecule has 4 heterocycles. The van der Waals surface area contributed by atoms with Crippen LogP contribution in [0.2, 0.25) is 0 Å². The van der Waals surface area contributed by atoms with E-state index in [0.29, 0.717) is 41.7 Å². The molecule has 1 amide bonds. The average molecular weight is 444 g/mol. The van der Waals surface area contributed by atoms with Crippen molar-refractivity contribution in [3.8, 4) is 22.8 Å². The van der Waals surface area contributed by atoms with Gasteiger partial charge >= 0.3 is 0 Å². The second kappa shape index (κ2) is 8.85. The van der Waals surface area contributed by atoms with E-state index in [-0.39, 0.29) is 11.9 Å². The summed E-state index contributed by atoms with van der Waals surface area (Å²) in [5, 5.41) is 12.7. The van der Waals surface area contributed by atoms with Gasteiger partial charge in [0.2, 0.25) is 5.88 Å². The first-order valence-corrected chi connectivity index (χ1v) is 11.0. The highest BCUT2D eigenvalue weighted by molar-refractivity contribution is 5.98. The summed E-state index contributed by atoms with van der Waals surface area (Å²) in [5.74, 6) is 1.08. The molecule has 0 radical (unpaired) electrons. The molecule has 3 aromatic heterocycles. The van der Waals surface area contributed by atoms with Gasteiger partial charge in [-0.3, -0.25) is 4.79 Å². The van der Waals surface area contributed by atoms with E-state index in [2.05, 4.69) is 20.3 Å². The molecule has 168 valence electrons. The van der Waals surface area contributed by atoms with Crippen LogP contribution in [-0.2, 0) is 0 Å². The lowest BCUT2D eigenvalue weighted by Gasteiger charge is -2.24. The highest BCUT2D eigenvalue weighted by Gasteiger charge is 2.35. The van der Waals surface area contributed by atoms with Gasteiger partial charge in [-0.25, -0.2) is 4.98 Å². The first-order chi connectivity index (χ1) is 16.2. The first kappa shape index (κ1) is 20.9. The third-order valence-electron chi connectivity index (χ3n) is 5.72. The van der Waals surface area contributed by atoms with Crippen LogP contribution >= 0.6 is 0 Å². The Morgan fingerprint density at radius 2 is 2.03 bits per heavy atom. The maximum absolute atomic E-state index is 13.7. The van der Waals surface area contributed by atoms with Crippen LogP contribution in [0.3, 0.4) is 0 Å². The van der Waals surface area contributed by atoms with Crippen molar-refractivity contribution in [2.75, 3.05) is 13.2 Å². The first-order valence-electron chi connectivity index (χ1n) is 11.0. The van der Waals surface area contributed by atoms with Crippen molar-refractivity contribution < 1.29 is 14.1 Å². The second-order valence-electron chi connectivity index (χ2n) is 7.90. The molecule has 0 N–H and O–H groups in total. The molecule has 9 nitrogen and oxygen atoms in total. The van der Waals surface area contributed by atoms with Gasteiger partial charge in [0.15, 0.2) is 5.76 Å². The van der Waals surface area contributed by atoms with Gasteiger partial charge < -0.3 is 14.2 Å². The molecule has 4 aromatic rings. The van der Waals surface area contributed by atoms with E-state index < -0.39 is 0 Å². The number of benzene rings is 1. The maximum atomic E-state index is 13.7. The van der Waals surface area contributed by atoms with E-state index >= 15 is 0 Å². The third kappa shape index (κ3) is 3.97. The van der Waals surface area contributed by atoms with Gasteiger partial charge in [-0.2, -0.15) is 15.0 Å². The lowest BCUT2D eigenvalue weighted by atomic mass is 10.1. The van der Waals surface area contributed by atoms with Gasteiger partial charge in [0.05, 0.1) is 41.9 Å². The predicted molar refractivity (Wildman–Crippen MR) is 120 cm³/mol. The van der Waals surface area contributed by atoms with E-state index in [4.69, 9.17) is 9.26 Å². The summed E-state index contributed by atoms with van der Waals surface area (Å²) in [6.07, 6.45) is 6.55. The summed E-state index contributed by atoms with van der Waals surface area (Å²) < 4.78 is 11.4. The molecular formula is C24H24N6O3. The summed E-state index contributed by atoms with van der Waals surface area (Å²) in [6, 6.07) is 11.1. The monoisotopic (exact) mass is 444 g/mol. The zero-order valence-electron chi connectivity index (χ0n) is 18.5. The summed E-state index contributed by atoms with van der Waals surface area (Å²) in [7, 11) is 0. The largest absolute Gasteiger partial charge is 0.477 e. The number of hydrogen-bond donors (Lipinski definition) is 0. The maximum Gasteiger partial charge on any atom is 0.256 e. The van der Waals surface area contributed by atoms with E-state index in [1.54, 1.807) is 18.6 Å². The lowest BCUT2D eigenvalue weighted by Crippen LogP contribution is -2.31. The molecule has 1 aliphatic rings. The van der Waals surface area contributed by atoms with Gasteiger partial charge in [0.25, 0.3) is 5.91 Å². The van der Waals surface area contributed by atoms with Gasteiger partial charge in [-0.15, -0.1) is 0 Å². The molecule has 9 heteroatoms. The normalized spacial score (nSPS) is 15.7. The molecule has 0 saturated carbocycles. The fourth-order valence-electron chi connectivity index (χ4n) is 4.21. The molecule has 1 aliphatic heterocycles. The molecule has 1 fully saturated rings. The Bertz CT molecular complexity index is 1270. The number of hydrogen-bond acceptors (Lipinski definition) is 7. The quantitative estimate of drug-likeness (QED) is 0.443. The van der Waals surface area contributed by atoms with Gasteiger partial charge in [-0.05, 0) is 51.0 Å². The smallest absolute Gasteiger partial charge is 0.256 e. The molecule has 0 bridgehead atoms. The standard InChI is InChI=1S/C24H24N6O3/c1-3-32-23-17(6-4-10-25-23)19-15-22(33-28-19)21-7-5-13-29(21)24(31)18-14-16(2)8-9-20(18)30-26-11-12-27-30/h4,6,8-12,14-15,21H,3,5,7,13H2,1-2H3/t21-/m0/s1. The number of nitrogens with zero attached hydrogens (tertiary/aromatic N) is 6. The molecule has 5 rings (SSSR count). The minimum atomic E-state index is -0.204. The molecule has 0 unspecified atom stereocenters. The molecule has 1 atom stereocenters. The SMILES string of the molecule is CCOc1ncccc1-c1cc([C@@H]2CCCN2C(=O)c2cc(C)ccc2-n2nccn2)on1. The van der Waals surface area contributed by atoms with Crippen molar-refractivity contribution in [3.05, 3.63) is 71.9 Å². The average Bonchev–Trinajstić information content (AvgIpc) is 3.60. The van der Waals surface area contributed by atoms with E-state index in [1.165, 1.54) is 4.80 Å². The van der Waals surface area contributed by atoms with Crippen molar-refractivity contribution >= 4 is 5.91 Å². The molecule has 0 aliphatic carbocycles. The van der Waals surface area contributed by atoms with Crippen molar-refractivity contribution in [1.82, 2.24) is 30.0 Å². The van der Waals surface area contributed by atoms with Crippen LogP contribution in [0.1, 0.15) is 47.5 Å². The molecule has 1 aromatic carbocycles. The number of amides is 1. The van der Waals surface area contributed by atoms with E-state index in [9.17, 15) is 4.79 Å². The summed E-state index contributed by atoms with van der Waals surface area (Å²) >= 11 is 0. The van der Waals surface area contributed by atoms with Gasteiger partial charge in [0.1, 0.15) is 5.69 Å². The van der Waals surface area contributed by atoms with Crippen LogP contribution in [0.5, 0.6) is 5.88 Å². The van der Waals surface area contributed by atoms with Crippen molar-refractivity contribution in [2.45, 2.75) is 32.7 Å². The van der Waals surface area contributed by atoms with Gasteiger partial charge in [-0.1, -0.05) is 16.8 Å². The minimum Gasteiger partial charge on any atom is -0.477 e. The Labute approximate surface area is 191 Å². The van der Waals surface area contributed by atoms with Crippen LogP contribution in [0.25, 0.3) is 16.9 Å². The van der Waals surface area contributed by atoms with Crippen molar-refractivity contribution in [2.24, 2.45) is 0 Å². The molecular weight excluding hydrogens is 420 g/mol. The topological polar surface area (TPSA) is 99.2 Å². The Hall–Kier alpha value is -4.01. The number of ether oxygens (including phenoxy) is 1. The highest BCUT2D eigenvalue weighted by atomic mass is 16.5. The van der Waals surface area contributed by atoms with Crippen LogP contribution in [0, 0.1) is 6.92 Å². The molecule has 1 saturated heterocycles. The van der Waals surface area contributed by atoms with Crippen LogP contribution in [-0.4, -0.2) is 49.1 Å². The Kier molecular flexibility index (Phi) is 5.60. The Balaban J connectivity index is 1.46. The predicted octanol–water partition coefficient (Wildman–Crippen LogP) is 4.00. The zero-order chi connectivity index (χ0) is 22.8. The second-order valence-corrected chi connectivity index (χ2v) is 7.90. The third-order valence-corrected chi connectivity index (χ3v) is 5.72. The Morgan fingerprint density at radius 1 is 1.18 bits per heavy atom. The number of carbonyl (C=O) groups is 1. The van der Waals surface area contributed by atoms with Crippen molar-refractivity contribution in [1.29, 1.82) is 0 Å². The van der Waals surface area contributed by atoms with Crippen LogP contribution < -0.4 is 4.74 Å². The number of aryl methyl sites for hydroxylation is 1. The molecule has 0 spiro atoms. The van der Waals surface area contributed by atoms with Crippen molar-refractivity contribution in [3.63, 3.8) is 0 Å².